The van der Waals surface area contributed by atoms with Gasteiger partial charge in [-0.25, -0.2) is 19.9 Å². The van der Waals surface area contributed by atoms with Crippen LogP contribution in [0.5, 0.6) is 0 Å². The Morgan fingerprint density at radius 1 is 0.905 bits per heavy atom. The van der Waals surface area contributed by atoms with Gasteiger partial charge in [-0.1, -0.05) is 11.6 Å². The summed E-state index contributed by atoms with van der Waals surface area (Å²) in [4.78, 5) is 18.1. The van der Waals surface area contributed by atoms with Crippen molar-refractivity contribution >= 4 is 23.4 Å². The fourth-order valence-electron chi connectivity index (χ4n) is 1.98. The van der Waals surface area contributed by atoms with Crippen molar-refractivity contribution in [1.29, 1.82) is 0 Å². The van der Waals surface area contributed by atoms with Gasteiger partial charge in [-0.15, -0.1) is 0 Å². The van der Waals surface area contributed by atoms with E-state index in [-0.39, 0.29) is 0 Å². The Balaban J connectivity index is 1.97. The second-order valence-electron chi connectivity index (χ2n) is 5.48. The molecule has 0 N–H and O–H groups in total. The van der Waals surface area contributed by atoms with Crippen LogP contribution in [0.3, 0.4) is 0 Å². The van der Waals surface area contributed by atoms with E-state index in [0.29, 0.717) is 11.1 Å². The van der Waals surface area contributed by atoms with Gasteiger partial charge in [0.15, 0.2) is 5.16 Å². The van der Waals surface area contributed by atoms with E-state index in [9.17, 15) is 0 Å². The topological polar surface area (TPSA) is 51.6 Å². The Bertz CT molecular complexity index is 690. The molecule has 0 aliphatic heterocycles. The molecule has 3 rings (SSSR count). The molecule has 1 aliphatic carbocycles. The standard InChI is InChI=1S/C15H17ClN4S/c1-7-9(3)17-15(18-10(7)4)21-14-8(2)12(16)19-13(20-14)11-5-6-11/h11H,5-6H2,1-4H3. The van der Waals surface area contributed by atoms with E-state index < -0.39 is 0 Å². The molecule has 1 saturated carbocycles. The molecule has 0 aromatic carbocycles. The van der Waals surface area contributed by atoms with Crippen LogP contribution in [0.4, 0.5) is 0 Å². The molecular weight excluding hydrogens is 304 g/mol. The lowest BCUT2D eigenvalue weighted by molar-refractivity contribution is 0.847. The van der Waals surface area contributed by atoms with E-state index in [1.807, 2.05) is 27.7 Å². The molecule has 1 aliphatic rings. The van der Waals surface area contributed by atoms with Crippen LogP contribution in [0.15, 0.2) is 10.2 Å². The first-order chi connectivity index (χ1) is 9.95. The van der Waals surface area contributed by atoms with Crippen LogP contribution in [0.1, 0.15) is 47.1 Å². The van der Waals surface area contributed by atoms with Gasteiger partial charge < -0.3 is 0 Å². The quantitative estimate of drug-likeness (QED) is 0.627. The van der Waals surface area contributed by atoms with Gasteiger partial charge in [0.05, 0.1) is 0 Å². The third-order valence-corrected chi connectivity index (χ3v) is 5.13. The summed E-state index contributed by atoms with van der Waals surface area (Å²) in [5.41, 5.74) is 4.04. The minimum absolute atomic E-state index is 0.477. The van der Waals surface area contributed by atoms with Gasteiger partial charge in [-0.05, 0) is 57.9 Å². The van der Waals surface area contributed by atoms with Crippen LogP contribution < -0.4 is 0 Å². The van der Waals surface area contributed by atoms with Crippen LogP contribution >= 0.6 is 23.4 Å². The molecule has 6 heteroatoms. The molecule has 1 fully saturated rings. The Morgan fingerprint density at radius 3 is 2.10 bits per heavy atom. The predicted molar refractivity (Wildman–Crippen MR) is 84.1 cm³/mol. The molecular formula is C15H17ClN4S. The van der Waals surface area contributed by atoms with Crippen LogP contribution in [-0.2, 0) is 0 Å². The normalized spacial score (nSPS) is 14.5. The number of aromatic nitrogens is 4. The molecule has 0 amide bonds. The lowest BCUT2D eigenvalue weighted by Gasteiger charge is -2.09. The number of rotatable bonds is 3. The summed E-state index contributed by atoms with van der Waals surface area (Å²) >= 11 is 7.71. The van der Waals surface area contributed by atoms with Gasteiger partial charge >= 0.3 is 0 Å². The van der Waals surface area contributed by atoms with Crippen molar-refractivity contribution in [2.75, 3.05) is 0 Å². The maximum Gasteiger partial charge on any atom is 0.194 e. The zero-order valence-corrected chi connectivity index (χ0v) is 14.1. The summed E-state index contributed by atoms with van der Waals surface area (Å²) in [6, 6.07) is 0. The summed E-state index contributed by atoms with van der Waals surface area (Å²) in [6.45, 7) is 7.99. The number of nitrogens with zero attached hydrogens (tertiary/aromatic N) is 4. The van der Waals surface area contributed by atoms with E-state index in [1.54, 1.807) is 0 Å². The first kappa shape index (κ1) is 14.7. The van der Waals surface area contributed by atoms with E-state index in [1.165, 1.54) is 11.8 Å². The van der Waals surface area contributed by atoms with E-state index in [0.717, 1.165) is 51.4 Å². The van der Waals surface area contributed by atoms with E-state index in [4.69, 9.17) is 11.6 Å². The third-order valence-electron chi connectivity index (χ3n) is 3.80. The Kier molecular flexibility index (Phi) is 3.88. The van der Waals surface area contributed by atoms with Crippen molar-refractivity contribution in [1.82, 2.24) is 19.9 Å². The number of halogens is 1. The predicted octanol–water partition coefficient (Wildman–Crippen LogP) is 4.18. The average Bonchev–Trinajstić information content (AvgIpc) is 3.25. The minimum atomic E-state index is 0.477. The van der Waals surface area contributed by atoms with E-state index >= 15 is 0 Å². The number of hydrogen-bond acceptors (Lipinski definition) is 5. The Labute approximate surface area is 133 Å². The fraction of sp³-hybridized carbons (Fsp3) is 0.467. The molecule has 0 saturated heterocycles. The van der Waals surface area contributed by atoms with Crippen molar-refractivity contribution in [2.24, 2.45) is 0 Å². The van der Waals surface area contributed by atoms with Gasteiger partial charge in [-0.3, -0.25) is 0 Å². The molecule has 110 valence electrons. The largest absolute Gasteiger partial charge is 0.227 e. The Hall–Kier alpha value is -1.20. The second kappa shape index (κ2) is 5.54. The first-order valence-electron chi connectivity index (χ1n) is 6.99. The molecule has 0 spiro atoms. The monoisotopic (exact) mass is 320 g/mol. The van der Waals surface area contributed by atoms with Gasteiger partial charge in [0.1, 0.15) is 16.0 Å². The van der Waals surface area contributed by atoms with Crippen LogP contribution in [-0.4, -0.2) is 19.9 Å². The van der Waals surface area contributed by atoms with Crippen LogP contribution in [0, 0.1) is 27.7 Å². The molecule has 2 aromatic rings. The minimum Gasteiger partial charge on any atom is -0.227 e. The summed E-state index contributed by atoms with van der Waals surface area (Å²) in [5.74, 6) is 1.33. The lowest BCUT2D eigenvalue weighted by Crippen LogP contribution is -2.01. The Morgan fingerprint density at radius 2 is 1.52 bits per heavy atom. The maximum absolute atomic E-state index is 6.24. The smallest absolute Gasteiger partial charge is 0.194 e. The molecule has 21 heavy (non-hydrogen) atoms. The lowest BCUT2D eigenvalue weighted by atomic mass is 10.2. The number of aryl methyl sites for hydroxylation is 2. The highest BCUT2D eigenvalue weighted by Crippen LogP contribution is 2.40. The third kappa shape index (κ3) is 3.04. The molecule has 0 atom stereocenters. The van der Waals surface area contributed by atoms with Crippen LogP contribution in [0.25, 0.3) is 0 Å². The highest BCUT2D eigenvalue weighted by Gasteiger charge is 2.28. The van der Waals surface area contributed by atoms with Gasteiger partial charge in [0, 0.05) is 22.9 Å². The average molecular weight is 321 g/mol. The zero-order chi connectivity index (χ0) is 15.1. The fourth-order valence-corrected chi connectivity index (χ4v) is 3.14. The van der Waals surface area contributed by atoms with Crippen molar-refractivity contribution in [3.05, 3.63) is 33.5 Å². The summed E-state index contributed by atoms with van der Waals surface area (Å²) in [7, 11) is 0. The van der Waals surface area contributed by atoms with Crippen molar-refractivity contribution in [2.45, 2.75) is 56.6 Å². The van der Waals surface area contributed by atoms with Gasteiger partial charge in [0.2, 0.25) is 0 Å². The van der Waals surface area contributed by atoms with Crippen molar-refractivity contribution in [3.63, 3.8) is 0 Å². The second-order valence-corrected chi connectivity index (χ2v) is 6.80. The zero-order valence-electron chi connectivity index (χ0n) is 12.6. The van der Waals surface area contributed by atoms with Gasteiger partial charge in [-0.2, -0.15) is 0 Å². The number of hydrogen-bond donors (Lipinski definition) is 0. The maximum atomic E-state index is 6.24. The van der Waals surface area contributed by atoms with Gasteiger partial charge in [0.25, 0.3) is 0 Å². The highest BCUT2D eigenvalue weighted by atomic mass is 35.5. The molecule has 2 aromatic heterocycles. The summed E-state index contributed by atoms with van der Waals surface area (Å²) in [5, 5.41) is 2.12. The summed E-state index contributed by atoms with van der Waals surface area (Å²) < 4.78 is 0. The summed E-state index contributed by atoms with van der Waals surface area (Å²) in [6.07, 6.45) is 2.31. The van der Waals surface area contributed by atoms with Crippen molar-refractivity contribution in [3.8, 4) is 0 Å². The molecule has 0 radical (unpaired) electrons. The van der Waals surface area contributed by atoms with E-state index in [2.05, 4.69) is 19.9 Å². The highest BCUT2D eigenvalue weighted by molar-refractivity contribution is 7.99. The molecule has 0 unspecified atom stereocenters. The van der Waals surface area contributed by atoms with Crippen LogP contribution in [0.2, 0.25) is 5.15 Å². The molecule has 2 heterocycles. The first-order valence-corrected chi connectivity index (χ1v) is 8.19. The van der Waals surface area contributed by atoms with Crippen molar-refractivity contribution < 1.29 is 0 Å². The molecule has 0 bridgehead atoms. The SMILES string of the molecule is Cc1nc(Sc2nc(C3CC3)nc(Cl)c2C)nc(C)c1C. The molecule has 4 nitrogen and oxygen atoms in total.